The van der Waals surface area contributed by atoms with E-state index in [9.17, 15) is 26.4 Å². The van der Waals surface area contributed by atoms with Gasteiger partial charge in [0.25, 0.3) is 5.91 Å². The molecule has 1 amide bonds. The van der Waals surface area contributed by atoms with E-state index in [4.69, 9.17) is 0 Å². The Kier molecular flexibility index (Phi) is 7.26. The summed E-state index contributed by atoms with van der Waals surface area (Å²) in [4.78, 5) is 14.6. The zero-order chi connectivity index (χ0) is 23.5. The maximum Gasteiger partial charge on any atom is 0.411 e. The van der Waals surface area contributed by atoms with Crippen LogP contribution in [0.25, 0.3) is 0 Å². The quantitative estimate of drug-likeness (QED) is 0.648. The topological polar surface area (TPSA) is 66.9 Å². The number of carbonyl (C=O) groups excluding carboxylic acids is 1. The fraction of sp³-hybridized carbons (Fsp3) is 0.409. The highest BCUT2D eigenvalue weighted by atomic mass is 32.2. The molecule has 32 heavy (non-hydrogen) atoms. The summed E-state index contributed by atoms with van der Waals surface area (Å²) in [7, 11) is -3.65. The van der Waals surface area contributed by atoms with Crippen molar-refractivity contribution >= 4 is 15.9 Å². The van der Waals surface area contributed by atoms with Gasteiger partial charge in [-0.25, -0.2) is 8.42 Å². The van der Waals surface area contributed by atoms with Crippen LogP contribution in [0.2, 0.25) is 0 Å². The largest absolute Gasteiger partial charge is 0.411 e. The number of amides is 1. The number of piperazine rings is 1. The van der Waals surface area contributed by atoms with Crippen LogP contribution in [0.1, 0.15) is 27.0 Å². The van der Waals surface area contributed by atoms with E-state index in [1.807, 2.05) is 13.0 Å². The third-order valence-corrected chi connectivity index (χ3v) is 7.26. The predicted octanol–water partition coefficient (Wildman–Crippen LogP) is 3.53. The molecule has 1 fully saturated rings. The van der Waals surface area contributed by atoms with Crippen molar-refractivity contribution in [1.82, 2.24) is 9.21 Å². The van der Waals surface area contributed by atoms with Gasteiger partial charge in [0.1, 0.15) is 6.61 Å². The van der Waals surface area contributed by atoms with Gasteiger partial charge in [0.15, 0.2) is 0 Å². The fourth-order valence-electron chi connectivity index (χ4n) is 3.47. The van der Waals surface area contributed by atoms with Crippen molar-refractivity contribution in [3.63, 3.8) is 0 Å². The lowest BCUT2D eigenvalue weighted by Gasteiger charge is -2.34. The van der Waals surface area contributed by atoms with Crippen LogP contribution in [-0.2, 0) is 21.4 Å². The minimum absolute atomic E-state index is 0.185. The molecule has 0 unspecified atom stereocenters. The van der Waals surface area contributed by atoms with Crippen LogP contribution in [0.15, 0.2) is 47.4 Å². The maximum atomic E-state index is 13.0. The maximum absolute atomic E-state index is 13.0. The van der Waals surface area contributed by atoms with E-state index in [2.05, 4.69) is 4.74 Å². The number of alkyl halides is 3. The molecule has 2 aromatic rings. The van der Waals surface area contributed by atoms with Crippen LogP contribution < -0.4 is 0 Å². The first-order valence-electron chi connectivity index (χ1n) is 10.1. The smallest absolute Gasteiger partial charge is 0.367 e. The first kappa shape index (κ1) is 24.2. The SMILES string of the molecule is Cc1ccc(C)c(S(=O)(=O)N2CCN(C(=O)c3ccc(COCC(F)(F)F)cc3)CC2)c1. The van der Waals surface area contributed by atoms with Gasteiger partial charge in [0.2, 0.25) is 10.0 Å². The zero-order valence-electron chi connectivity index (χ0n) is 17.9. The Morgan fingerprint density at radius 2 is 1.62 bits per heavy atom. The Balaban J connectivity index is 1.59. The number of aryl methyl sites for hydroxylation is 2. The standard InChI is InChI=1S/C22H25F3N2O4S/c1-16-3-4-17(2)20(13-16)32(29,30)27-11-9-26(10-12-27)21(28)19-7-5-18(6-8-19)14-31-15-22(23,24)25/h3-8,13H,9-12,14-15H2,1-2H3. The molecule has 10 heteroatoms. The molecule has 2 aromatic carbocycles. The van der Waals surface area contributed by atoms with Crippen LogP contribution in [0, 0.1) is 13.8 Å². The van der Waals surface area contributed by atoms with Gasteiger partial charge < -0.3 is 9.64 Å². The highest BCUT2D eigenvalue weighted by Gasteiger charge is 2.31. The Bertz CT molecular complexity index is 1060. The second-order valence-electron chi connectivity index (χ2n) is 7.77. The molecule has 0 aliphatic carbocycles. The lowest BCUT2D eigenvalue weighted by Crippen LogP contribution is -2.50. The van der Waals surface area contributed by atoms with Gasteiger partial charge in [-0.05, 0) is 48.7 Å². The van der Waals surface area contributed by atoms with Crippen molar-refractivity contribution in [3.05, 3.63) is 64.7 Å². The van der Waals surface area contributed by atoms with Gasteiger partial charge in [0, 0.05) is 31.7 Å². The van der Waals surface area contributed by atoms with Crippen LogP contribution in [0.4, 0.5) is 13.2 Å². The van der Waals surface area contributed by atoms with Crippen LogP contribution in [0.3, 0.4) is 0 Å². The third-order valence-electron chi connectivity index (χ3n) is 5.22. The normalized spacial score (nSPS) is 15.7. The molecule has 0 radical (unpaired) electrons. The van der Waals surface area contributed by atoms with Crippen LogP contribution in [-0.4, -0.2) is 62.5 Å². The second kappa shape index (κ2) is 9.60. The molecule has 0 N–H and O–H groups in total. The Hall–Kier alpha value is -2.43. The van der Waals surface area contributed by atoms with E-state index in [0.717, 1.165) is 5.56 Å². The molecule has 0 bridgehead atoms. The summed E-state index contributed by atoms with van der Waals surface area (Å²) in [6.45, 7) is 2.92. The van der Waals surface area contributed by atoms with Gasteiger partial charge >= 0.3 is 6.18 Å². The lowest BCUT2D eigenvalue weighted by atomic mass is 10.1. The first-order chi connectivity index (χ1) is 15.0. The minimum atomic E-state index is -4.39. The number of hydrogen-bond acceptors (Lipinski definition) is 4. The average molecular weight is 471 g/mol. The molecule has 0 aromatic heterocycles. The Morgan fingerprint density at radius 1 is 1.00 bits per heavy atom. The van der Waals surface area contributed by atoms with Gasteiger partial charge in [-0.1, -0.05) is 24.3 Å². The molecular weight excluding hydrogens is 445 g/mol. The van der Waals surface area contributed by atoms with E-state index < -0.39 is 22.8 Å². The molecule has 6 nitrogen and oxygen atoms in total. The summed E-state index contributed by atoms with van der Waals surface area (Å²) in [5, 5.41) is 0. The minimum Gasteiger partial charge on any atom is -0.367 e. The molecule has 1 aliphatic heterocycles. The summed E-state index contributed by atoms with van der Waals surface area (Å²) in [6, 6.07) is 11.5. The molecular formula is C22H25F3N2O4S. The van der Waals surface area contributed by atoms with Crippen molar-refractivity contribution in [2.24, 2.45) is 0 Å². The Labute approximate surface area is 185 Å². The van der Waals surface area contributed by atoms with Crippen molar-refractivity contribution < 1.29 is 31.1 Å². The monoisotopic (exact) mass is 470 g/mol. The number of carbonyl (C=O) groups is 1. The fourth-order valence-corrected chi connectivity index (χ4v) is 5.20. The second-order valence-corrected chi connectivity index (χ2v) is 9.68. The zero-order valence-corrected chi connectivity index (χ0v) is 18.7. The van der Waals surface area contributed by atoms with Crippen molar-refractivity contribution in [3.8, 4) is 0 Å². The van der Waals surface area contributed by atoms with Crippen LogP contribution >= 0.6 is 0 Å². The number of benzene rings is 2. The molecule has 3 rings (SSSR count). The molecule has 0 atom stereocenters. The van der Waals surface area contributed by atoms with Gasteiger partial charge in [0.05, 0.1) is 11.5 Å². The molecule has 174 valence electrons. The number of hydrogen-bond donors (Lipinski definition) is 0. The lowest BCUT2D eigenvalue weighted by molar-refractivity contribution is -0.176. The number of sulfonamides is 1. The molecule has 0 saturated carbocycles. The molecule has 1 saturated heterocycles. The van der Waals surface area contributed by atoms with Crippen molar-refractivity contribution in [2.75, 3.05) is 32.8 Å². The first-order valence-corrected chi connectivity index (χ1v) is 11.5. The van der Waals surface area contributed by atoms with E-state index in [1.165, 1.54) is 16.4 Å². The van der Waals surface area contributed by atoms with Gasteiger partial charge in [-0.3, -0.25) is 4.79 Å². The highest BCUT2D eigenvalue weighted by molar-refractivity contribution is 7.89. The van der Waals surface area contributed by atoms with E-state index >= 15 is 0 Å². The van der Waals surface area contributed by atoms with Gasteiger partial charge in [-0.15, -0.1) is 0 Å². The summed E-state index contributed by atoms with van der Waals surface area (Å²) >= 11 is 0. The molecule has 1 heterocycles. The van der Waals surface area contributed by atoms with Crippen LogP contribution in [0.5, 0.6) is 0 Å². The molecule has 1 aliphatic rings. The number of halogens is 3. The van der Waals surface area contributed by atoms with E-state index in [-0.39, 0.29) is 43.6 Å². The number of rotatable bonds is 6. The molecule has 0 spiro atoms. The van der Waals surface area contributed by atoms with Crippen molar-refractivity contribution in [2.45, 2.75) is 31.5 Å². The summed E-state index contributed by atoms with van der Waals surface area (Å²) in [5.74, 6) is -0.253. The predicted molar refractivity (Wildman–Crippen MR) is 113 cm³/mol. The van der Waals surface area contributed by atoms with E-state index in [1.54, 1.807) is 36.1 Å². The third kappa shape index (κ3) is 5.87. The van der Waals surface area contributed by atoms with Gasteiger partial charge in [-0.2, -0.15) is 17.5 Å². The Morgan fingerprint density at radius 3 is 2.22 bits per heavy atom. The number of nitrogens with zero attached hydrogens (tertiary/aromatic N) is 2. The number of ether oxygens (including phenoxy) is 1. The highest BCUT2D eigenvalue weighted by Crippen LogP contribution is 2.23. The summed E-state index contributed by atoms with van der Waals surface area (Å²) in [6.07, 6.45) is -4.39. The van der Waals surface area contributed by atoms with E-state index in [0.29, 0.717) is 16.7 Å². The average Bonchev–Trinajstić information content (AvgIpc) is 2.74. The summed E-state index contributed by atoms with van der Waals surface area (Å²) in [5.41, 5.74) is 2.44. The summed E-state index contributed by atoms with van der Waals surface area (Å²) < 4.78 is 68.5. The van der Waals surface area contributed by atoms with Crippen molar-refractivity contribution in [1.29, 1.82) is 0 Å².